The molecule has 5 rings (SSSR count). The first kappa shape index (κ1) is 23.7. The van der Waals surface area contributed by atoms with Gasteiger partial charge in [-0.1, -0.05) is 17.4 Å². The van der Waals surface area contributed by atoms with Crippen LogP contribution in [0, 0.1) is 0 Å². The summed E-state index contributed by atoms with van der Waals surface area (Å²) in [5.41, 5.74) is 1.91. The minimum Gasteiger partial charge on any atom is -0.497 e. The number of carbonyl (C=O) groups is 1. The molecule has 1 unspecified atom stereocenters. The number of fused-ring (bicyclic) bond motifs is 2. The number of carbonyl (C=O) groups excluding carboxylic acids is 1. The van der Waals surface area contributed by atoms with Crippen LogP contribution >= 0.6 is 11.3 Å². The van der Waals surface area contributed by atoms with Gasteiger partial charge in [-0.25, -0.2) is 9.79 Å². The van der Waals surface area contributed by atoms with Gasteiger partial charge in [0.2, 0.25) is 6.79 Å². The van der Waals surface area contributed by atoms with E-state index in [1.807, 2.05) is 12.1 Å². The topological polar surface area (TPSA) is 97.6 Å². The summed E-state index contributed by atoms with van der Waals surface area (Å²) in [4.78, 5) is 31.9. The predicted molar refractivity (Wildman–Crippen MR) is 133 cm³/mol. The minimum atomic E-state index is -0.741. The third kappa shape index (κ3) is 4.03. The van der Waals surface area contributed by atoms with E-state index in [2.05, 4.69) is 4.99 Å². The fraction of sp³-hybridized carbons (Fsp3) is 0.269. The molecule has 1 aromatic heterocycles. The number of benzene rings is 2. The van der Waals surface area contributed by atoms with Crippen molar-refractivity contribution < 1.29 is 28.5 Å². The summed E-state index contributed by atoms with van der Waals surface area (Å²) in [6.45, 7) is 3.80. The zero-order chi connectivity index (χ0) is 25.4. The molecule has 0 saturated heterocycles. The van der Waals surface area contributed by atoms with Crippen molar-refractivity contribution in [2.24, 2.45) is 4.99 Å². The van der Waals surface area contributed by atoms with Gasteiger partial charge in [-0.15, -0.1) is 0 Å². The number of allylic oxidation sites excluding steroid dienone is 1. The Kier molecular flexibility index (Phi) is 6.27. The molecule has 0 N–H and O–H groups in total. The molecule has 0 saturated carbocycles. The second kappa shape index (κ2) is 9.54. The maximum Gasteiger partial charge on any atom is 0.338 e. The molecule has 10 heteroatoms. The highest BCUT2D eigenvalue weighted by atomic mass is 32.1. The Bertz CT molecular complexity index is 1570. The third-order valence-electron chi connectivity index (χ3n) is 5.96. The Morgan fingerprint density at radius 1 is 1.17 bits per heavy atom. The quantitative estimate of drug-likeness (QED) is 0.472. The normalized spacial score (nSPS) is 16.4. The summed E-state index contributed by atoms with van der Waals surface area (Å²) in [6.07, 6.45) is 1.75. The molecule has 0 bridgehead atoms. The van der Waals surface area contributed by atoms with Crippen LogP contribution in [0.3, 0.4) is 0 Å². The van der Waals surface area contributed by atoms with E-state index in [0.29, 0.717) is 54.7 Å². The first-order chi connectivity index (χ1) is 17.4. The van der Waals surface area contributed by atoms with E-state index in [1.165, 1.54) is 15.9 Å². The maximum atomic E-state index is 13.8. The molecule has 0 spiro atoms. The molecular formula is C26H24N2O7S. The van der Waals surface area contributed by atoms with Crippen LogP contribution in [0.25, 0.3) is 6.08 Å². The van der Waals surface area contributed by atoms with Crippen LogP contribution in [0.15, 0.2) is 57.5 Å². The summed E-state index contributed by atoms with van der Waals surface area (Å²) >= 11 is 1.24. The molecule has 1 atom stereocenters. The van der Waals surface area contributed by atoms with Gasteiger partial charge in [0.1, 0.15) is 11.5 Å². The lowest BCUT2D eigenvalue weighted by atomic mass is 9.95. The fourth-order valence-electron chi connectivity index (χ4n) is 4.27. The number of esters is 1. The number of aromatic nitrogens is 1. The van der Waals surface area contributed by atoms with Crippen molar-refractivity contribution in [3.8, 4) is 23.0 Å². The summed E-state index contributed by atoms with van der Waals surface area (Å²) in [5.74, 6) is 1.85. The summed E-state index contributed by atoms with van der Waals surface area (Å²) < 4.78 is 29.1. The van der Waals surface area contributed by atoms with E-state index in [9.17, 15) is 9.59 Å². The molecule has 3 heterocycles. The second-order valence-corrected chi connectivity index (χ2v) is 9.03. The highest BCUT2D eigenvalue weighted by Crippen LogP contribution is 2.38. The van der Waals surface area contributed by atoms with Gasteiger partial charge in [0.15, 0.2) is 16.3 Å². The molecule has 2 aromatic carbocycles. The molecule has 2 aliphatic heterocycles. The SMILES string of the molecule is CCOC(=O)C1=C(C)N=c2sc(=Cc3ccc(OC)cc3OC)c(=O)n2C1c1ccc2c(c1)OCO2. The summed E-state index contributed by atoms with van der Waals surface area (Å²) in [5, 5.41) is 0. The smallest absolute Gasteiger partial charge is 0.338 e. The van der Waals surface area contributed by atoms with E-state index < -0.39 is 12.0 Å². The van der Waals surface area contributed by atoms with Crippen LogP contribution in [0.4, 0.5) is 0 Å². The van der Waals surface area contributed by atoms with Gasteiger partial charge in [-0.2, -0.15) is 0 Å². The lowest BCUT2D eigenvalue weighted by Crippen LogP contribution is -2.39. The summed E-state index contributed by atoms with van der Waals surface area (Å²) in [6, 6.07) is 10.0. The molecule has 0 fully saturated rings. The first-order valence-corrected chi connectivity index (χ1v) is 12.1. The average molecular weight is 509 g/mol. The lowest BCUT2D eigenvalue weighted by molar-refractivity contribution is -0.139. The van der Waals surface area contributed by atoms with Gasteiger partial charge in [0, 0.05) is 11.6 Å². The van der Waals surface area contributed by atoms with Crippen molar-refractivity contribution in [1.29, 1.82) is 0 Å². The van der Waals surface area contributed by atoms with Crippen LogP contribution < -0.4 is 33.8 Å². The van der Waals surface area contributed by atoms with Gasteiger partial charge >= 0.3 is 5.97 Å². The molecular weight excluding hydrogens is 484 g/mol. The van der Waals surface area contributed by atoms with Crippen LogP contribution in [0.1, 0.15) is 31.0 Å². The Morgan fingerprint density at radius 3 is 2.72 bits per heavy atom. The Morgan fingerprint density at radius 2 is 1.97 bits per heavy atom. The van der Waals surface area contributed by atoms with Crippen molar-refractivity contribution >= 4 is 23.4 Å². The van der Waals surface area contributed by atoms with Crippen LogP contribution in [-0.2, 0) is 9.53 Å². The van der Waals surface area contributed by atoms with Crippen molar-refractivity contribution in [1.82, 2.24) is 4.57 Å². The monoisotopic (exact) mass is 508 g/mol. The van der Waals surface area contributed by atoms with E-state index in [1.54, 1.807) is 58.4 Å². The van der Waals surface area contributed by atoms with E-state index in [0.717, 1.165) is 0 Å². The van der Waals surface area contributed by atoms with Gasteiger partial charge in [-0.3, -0.25) is 9.36 Å². The number of methoxy groups -OCH3 is 2. The second-order valence-electron chi connectivity index (χ2n) is 8.02. The van der Waals surface area contributed by atoms with E-state index >= 15 is 0 Å². The van der Waals surface area contributed by atoms with Crippen molar-refractivity contribution in [2.45, 2.75) is 19.9 Å². The number of hydrogen-bond acceptors (Lipinski definition) is 9. The molecule has 0 amide bonds. The van der Waals surface area contributed by atoms with Crippen LogP contribution in [0.5, 0.6) is 23.0 Å². The maximum absolute atomic E-state index is 13.8. The Hall–Kier alpha value is -4.05. The van der Waals surface area contributed by atoms with Gasteiger partial charge < -0.3 is 23.7 Å². The molecule has 36 heavy (non-hydrogen) atoms. The van der Waals surface area contributed by atoms with Gasteiger partial charge in [-0.05, 0) is 49.8 Å². The molecule has 3 aromatic rings. The number of rotatable bonds is 6. The highest BCUT2D eigenvalue weighted by molar-refractivity contribution is 7.07. The largest absolute Gasteiger partial charge is 0.497 e. The van der Waals surface area contributed by atoms with Gasteiger partial charge in [0.25, 0.3) is 5.56 Å². The van der Waals surface area contributed by atoms with Crippen LogP contribution in [0.2, 0.25) is 0 Å². The number of thiazole rings is 1. The first-order valence-electron chi connectivity index (χ1n) is 11.3. The zero-order valence-corrected chi connectivity index (χ0v) is 21.0. The third-order valence-corrected chi connectivity index (χ3v) is 6.94. The van der Waals surface area contributed by atoms with E-state index in [-0.39, 0.29) is 19.0 Å². The molecule has 186 valence electrons. The Balaban J connectivity index is 1.71. The van der Waals surface area contributed by atoms with E-state index in [4.69, 9.17) is 23.7 Å². The number of ether oxygens (including phenoxy) is 5. The Labute approximate surface area is 210 Å². The fourth-order valence-corrected chi connectivity index (χ4v) is 5.31. The average Bonchev–Trinajstić information content (AvgIpc) is 3.47. The zero-order valence-electron chi connectivity index (χ0n) is 20.2. The van der Waals surface area contributed by atoms with Crippen molar-refractivity contribution in [3.05, 3.63) is 78.5 Å². The standard InChI is InChI=1S/C26H24N2O7S/c1-5-33-25(30)22-14(2)27-26-28(23(22)16-7-9-18-20(10-16)35-13-34-18)24(29)21(36-26)11-15-6-8-17(31-3)12-19(15)32-4/h6-12,23H,5,13H2,1-4H3. The molecule has 0 radical (unpaired) electrons. The minimum absolute atomic E-state index is 0.116. The molecule has 0 aliphatic carbocycles. The van der Waals surface area contributed by atoms with Gasteiger partial charge in [0.05, 0.1) is 42.7 Å². The van der Waals surface area contributed by atoms with Crippen molar-refractivity contribution in [3.63, 3.8) is 0 Å². The predicted octanol–water partition coefficient (Wildman–Crippen LogP) is 2.54. The molecule has 2 aliphatic rings. The summed E-state index contributed by atoms with van der Waals surface area (Å²) in [7, 11) is 3.13. The number of nitrogens with zero attached hydrogens (tertiary/aromatic N) is 2. The highest BCUT2D eigenvalue weighted by Gasteiger charge is 2.34. The molecule has 9 nitrogen and oxygen atoms in total. The van der Waals surface area contributed by atoms with Crippen LogP contribution in [-0.4, -0.2) is 38.2 Å². The van der Waals surface area contributed by atoms with Crippen molar-refractivity contribution in [2.75, 3.05) is 27.6 Å². The lowest BCUT2D eigenvalue weighted by Gasteiger charge is -2.24. The number of hydrogen-bond donors (Lipinski definition) is 0.